The van der Waals surface area contributed by atoms with Crippen molar-refractivity contribution in [1.82, 2.24) is 4.90 Å². The zero-order chi connectivity index (χ0) is 13.1. The van der Waals surface area contributed by atoms with Gasteiger partial charge in [-0.1, -0.05) is 12.8 Å². The maximum atomic E-state index is 5.81. The normalized spacial score (nSPS) is 40.9. The molecule has 0 aromatic rings. The fourth-order valence-electron chi connectivity index (χ4n) is 4.94. The summed E-state index contributed by atoms with van der Waals surface area (Å²) in [5, 5.41) is 0. The van der Waals surface area contributed by atoms with Crippen LogP contribution in [0, 0.1) is 17.8 Å². The third-order valence-corrected chi connectivity index (χ3v) is 6.15. The molecule has 2 aliphatic carbocycles. The first-order chi connectivity index (χ1) is 9.36. The zero-order valence-electron chi connectivity index (χ0n) is 12.5. The Morgan fingerprint density at radius 1 is 0.789 bits per heavy atom. The molecular weight excluding hydrogens is 232 g/mol. The average molecular weight is 264 g/mol. The lowest BCUT2D eigenvalue weighted by molar-refractivity contribution is 0.0405. The summed E-state index contributed by atoms with van der Waals surface area (Å²) < 4.78 is 0. The van der Waals surface area contributed by atoms with Crippen LogP contribution in [0.4, 0.5) is 0 Å². The maximum absolute atomic E-state index is 5.81. The highest BCUT2D eigenvalue weighted by molar-refractivity contribution is 4.88. The van der Waals surface area contributed by atoms with Gasteiger partial charge < -0.3 is 5.73 Å². The second kappa shape index (κ2) is 6.58. The van der Waals surface area contributed by atoms with Crippen LogP contribution in [0.1, 0.15) is 64.2 Å². The molecule has 2 heteroatoms. The highest BCUT2D eigenvalue weighted by Crippen LogP contribution is 2.37. The van der Waals surface area contributed by atoms with Crippen LogP contribution in [0.2, 0.25) is 0 Å². The quantitative estimate of drug-likeness (QED) is 0.846. The summed E-state index contributed by atoms with van der Waals surface area (Å²) in [5.41, 5.74) is 5.81. The van der Waals surface area contributed by atoms with E-state index >= 15 is 0 Å². The monoisotopic (exact) mass is 264 g/mol. The van der Waals surface area contributed by atoms with Crippen LogP contribution >= 0.6 is 0 Å². The van der Waals surface area contributed by atoms with Crippen molar-refractivity contribution < 1.29 is 0 Å². The van der Waals surface area contributed by atoms with Crippen molar-refractivity contribution in [3.05, 3.63) is 0 Å². The van der Waals surface area contributed by atoms with Gasteiger partial charge in [0.15, 0.2) is 0 Å². The van der Waals surface area contributed by atoms with Gasteiger partial charge in [0.25, 0.3) is 0 Å². The Balaban J connectivity index is 1.51. The molecule has 1 heterocycles. The lowest BCUT2D eigenvalue weighted by Gasteiger charge is -2.46. The molecule has 2 saturated carbocycles. The van der Waals surface area contributed by atoms with E-state index in [0.29, 0.717) is 0 Å². The molecule has 0 amide bonds. The maximum Gasteiger partial charge on any atom is 0.0124 e. The molecule has 0 aromatic heterocycles. The van der Waals surface area contributed by atoms with Crippen molar-refractivity contribution >= 4 is 0 Å². The van der Waals surface area contributed by atoms with E-state index in [1.807, 2.05) is 0 Å². The van der Waals surface area contributed by atoms with Crippen molar-refractivity contribution in [2.75, 3.05) is 19.6 Å². The predicted octanol–water partition coefficient (Wildman–Crippen LogP) is 3.41. The number of nitrogens with zero attached hydrogens (tertiary/aromatic N) is 1. The second-order valence-electron chi connectivity index (χ2n) is 7.37. The van der Waals surface area contributed by atoms with Gasteiger partial charge in [0.1, 0.15) is 0 Å². The summed E-state index contributed by atoms with van der Waals surface area (Å²) in [4.78, 5) is 2.89. The Morgan fingerprint density at radius 2 is 1.47 bits per heavy atom. The Hall–Kier alpha value is -0.0800. The van der Waals surface area contributed by atoms with Gasteiger partial charge in [-0.15, -0.1) is 0 Å². The van der Waals surface area contributed by atoms with Crippen LogP contribution < -0.4 is 5.73 Å². The van der Waals surface area contributed by atoms with Gasteiger partial charge in [-0.2, -0.15) is 0 Å². The standard InChI is InChI=1S/C17H32N2/c18-12-14-7-9-15(10-8-14)13-19-11-3-5-16-4-1-2-6-17(16)19/h14-17H,1-13,18H2. The van der Waals surface area contributed by atoms with Gasteiger partial charge in [-0.05, 0) is 82.2 Å². The van der Waals surface area contributed by atoms with Crippen LogP contribution in [0.5, 0.6) is 0 Å². The Labute approximate surface area is 119 Å². The van der Waals surface area contributed by atoms with Crippen LogP contribution in [0.25, 0.3) is 0 Å². The smallest absolute Gasteiger partial charge is 0.0124 e. The van der Waals surface area contributed by atoms with E-state index in [-0.39, 0.29) is 0 Å². The van der Waals surface area contributed by atoms with Gasteiger partial charge >= 0.3 is 0 Å². The first-order valence-electron chi connectivity index (χ1n) is 8.81. The number of hydrogen-bond donors (Lipinski definition) is 1. The summed E-state index contributed by atoms with van der Waals surface area (Å²) in [5.74, 6) is 2.85. The third-order valence-electron chi connectivity index (χ3n) is 6.15. The van der Waals surface area contributed by atoms with E-state index < -0.39 is 0 Å². The lowest BCUT2D eigenvalue weighted by atomic mass is 9.77. The van der Waals surface area contributed by atoms with Crippen molar-refractivity contribution in [2.24, 2.45) is 23.5 Å². The number of piperidine rings is 1. The van der Waals surface area contributed by atoms with Gasteiger partial charge in [-0.25, -0.2) is 0 Å². The topological polar surface area (TPSA) is 29.3 Å². The molecule has 0 bridgehead atoms. The van der Waals surface area contributed by atoms with E-state index in [2.05, 4.69) is 4.90 Å². The summed E-state index contributed by atoms with van der Waals surface area (Å²) in [6.07, 6.45) is 14.6. The largest absolute Gasteiger partial charge is 0.330 e. The van der Waals surface area contributed by atoms with E-state index in [9.17, 15) is 0 Å². The van der Waals surface area contributed by atoms with Gasteiger partial charge in [0.2, 0.25) is 0 Å². The molecule has 3 aliphatic rings. The molecule has 110 valence electrons. The minimum atomic E-state index is 0.833. The third kappa shape index (κ3) is 3.33. The van der Waals surface area contributed by atoms with Crippen molar-refractivity contribution in [3.63, 3.8) is 0 Å². The molecule has 2 N–H and O–H groups in total. The molecule has 3 rings (SSSR count). The molecule has 0 aromatic carbocycles. The van der Waals surface area contributed by atoms with Gasteiger partial charge in [0, 0.05) is 12.6 Å². The predicted molar refractivity (Wildman–Crippen MR) is 81.1 cm³/mol. The molecule has 2 unspecified atom stereocenters. The highest BCUT2D eigenvalue weighted by atomic mass is 15.2. The number of fused-ring (bicyclic) bond motifs is 1. The van der Waals surface area contributed by atoms with E-state index in [4.69, 9.17) is 5.73 Å². The van der Waals surface area contributed by atoms with Crippen molar-refractivity contribution in [1.29, 1.82) is 0 Å². The van der Waals surface area contributed by atoms with Gasteiger partial charge in [-0.3, -0.25) is 4.90 Å². The molecule has 3 fully saturated rings. The van der Waals surface area contributed by atoms with Gasteiger partial charge in [0.05, 0.1) is 0 Å². The van der Waals surface area contributed by atoms with E-state index in [0.717, 1.165) is 30.3 Å². The zero-order valence-corrected chi connectivity index (χ0v) is 12.5. The summed E-state index contributed by atoms with van der Waals surface area (Å²) in [6.45, 7) is 3.71. The molecule has 0 spiro atoms. The molecule has 1 aliphatic heterocycles. The lowest BCUT2D eigenvalue weighted by Crippen LogP contribution is -2.48. The molecule has 0 radical (unpaired) electrons. The summed E-state index contributed by atoms with van der Waals surface area (Å²) >= 11 is 0. The van der Waals surface area contributed by atoms with Crippen molar-refractivity contribution in [3.8, 4) is 0 Å². The summed E-state index contributed by atoms with van der Waals surface area (Å²) in [6, 6.07) is 0.953. The second-order valence-corrected chi connectivity index (χ2v) is 7.37. The molecule has 2 atom stereocenters. The van der Waals surface area contributed by atoms with Crippen LogP contribution in [0.15, 0.2) is 0 Å². The fraction of sp³-hybridized carbons (Fsp3) is 1.00. The number of rotatable bonds is 3. The molecule has 19 heavy (non-hydrogen) atoms. The Kier molecular flexibility index (Phi) is 4.81. The first kappa shape index (κ1) is 13.9. The average Bonchev–Trinajstić information content (AvgIpc) is 2.48. The fourth-order valence-corrected chi connectivity index (χ4v) is 4.94. The van der Waals surface area contributed by atoms with E-state index in [1.54, 1.807) is 0 Å². The molecule has 1 saturated heterocycles. The number of likely N-dealkylation sites (tertiary alicyclic amines) is 1. The SMILES string of the molecule is NCC1CCC(CN2CCCC3CCCCC32)CC1. The van der Waals surface area contributed by atoms with Crippen LogP contribution in [-0.4, -0.2) is 30.6 Å². The highest BCUT2D eigenvalue weighted by Gasteiger charge is 2.34. The number of hydrogen-bond acceptors (Lipinski definition) is 2. The number of nitrogens with two attached hydrogens (primary N) is 1. The first-order valence-corrected chi connectivity index (χ1v) is 8.81. The Morgan fingerprint density at radius 3 is 2.26 bits per heavy atom. The van der Waals surface area contributed by atoms with Crippen molar-refractivity contribution in [2.45, 2.75) is 70.3 Å². The Bertz CT molecular complexity index is 268. The van der Waals surface area contributed by atoms with Crippen LogP contribution in [0.3, 0.4) is 0 Å². The van der Waals surface area contributed by atoms with E-state index in [1.165, 1.54) is 77.3 Å². The molecular formula is C17H32N2. The minimum absolute atomic E-state index is 0.833. The minimum Gasteiger partial charge on any atom is -0.330 e. The summed E-state index contributed by atoms with van der Waals surface area (Å²) in [7, 11) is 0. The van der Waals surface area contributed by atoms with Crippen LogP contribution in [-0.2, 0) is 0 Å². The molecule has 2 nitrogen and oxygen atoms in total.